The van der Waals surface area contributed by atoms with Crippen molar-refractivity contribution in [2.45, 2.75) is 19.4 Å². The zero-order chi connectivity index (χ0) is 10.7. The zero-order valence-corrected chi connectivity index (χ0v) is 10.4. The molecule has 0 bridgehead atoms. The fraction of sp³-hybridized carbons (Fsp3) is 0.667. The third-order valence-electron chi connectivity index (χ3n) is 3.12. The van der Waals surface area contributed by atoms with Crippen LogP contribution in [0, 0.1) is 5.41 Å². The SMILES string of the molecule is CNCC1(CN(C)Cc2cccs2)CC1. The smallest absolute Gasteiger partial charge is 0.0325 e. The van der Waals surface area contributed by atoms with Crippen LogP contribution in [0.1, 0.15) is 17.7 Å². The number of thiophene rings is 1. The van der Waals surface area contributed by atoms with Crippen LogP contribution < -0.4 is 5.32 Å². The number of nitrogens with zero attached hydrogens (tertiary/aromatic N) is 1. The first-order chi connectivity index (χ1) is 7.24. The summed E-state index contributed by atoms with van der Waals surface area (Å²) in [4.78, 5) is 3.92. The van der Waals surface area contributed by atoms with Crippen LogP contribution in [0.2, 0.25) is 0 Å². The summed E-state index contributed by atoms with van der Waals surface area (Å²) in [7, 11) is 4.29. The molecule has 1 saturated carbocycles. The quantitative estimate of drug-likeness (QED) is 0.797. The van der Waals surface area contributed by atoms with Crippen LogP contribution in [-0.2, 0) is 6.54 Å². The lowest BCUT2D eigenvalue weighted by Crippen LogP contribution is -2.32. The van der Waals surface area contributed by atoms with E-state index in [0.29, 0.717) is 5.41 Å². The van der Waals surface area contributed by atoms with E-state index in [4.69, 9.17) is 0 Å². The van der Waals surface area contributed by atoms with Crippen molar-refractivity contribution in [2.75, 3.05) is 27.2 Å². The molecule has 1 heterocycles. The molecule has 1 fully saturated rings. The molecule has 1 aromatic heterocycles. The Morgan fingerprint density at radius 3 is 2.87 bits per heavy atom. The number of hydrogen-bond acceptors (Lipinski definition) is 3. The van der Waals surface area contributed by atoms with Crippen LogP contribution in [0.25, 0.3) is 0 Å². The van der Waals surface area contributed by atoms with Crippen molar-refractivity contribution < 1.29 is 0 Å². The van der Waals surface area contributed by atoms with Gasteiger partial charge in [0.05, 0.1) is 0 Å². The number of rotatable bonds is 6. The second kappa shape index (κ2) is 4.64. The molecule has 0 amide bonds. The van der Waals surface area contributed by atoms with Gasteiger partial charge in [0.15, 0.2) is 0 Å². The van der Waals surface area contributed by atoms with Gasteiger partial charge in [0.2, 0.25) is 0 Å². The molecule has 3 heteroatoms. The molecule has 1 aromatic rings. The van der Waals surface area contributed by atoms with Gasteiger partial charge in [-0.05, 0) is 43.8 Å². The van der Waals surface area contributed by atoms with Crippen molar-refractivity contribution in [1.29, 1.82) is 0 Å². The molecule has 84 valence electrons. The minimum absolute atomic E-state index is 0.584. The Morgan fingerprint density at radius 1 is 1.53 bits per heavy atom. The van der Waals surface area contributed by atoms with Crippen LogP contribution in [0.4, 0.5) is 0 Å². The van der Waals surface area contributed by atoms with Gasteiger partial charge < -0.3 is 10.2 Å². The van der Waals surface area contributed by atoms with E-state index in [1.165, 1.54) is 30.8 Å². The summed E-state index contributed by atoms with van der Waals surface area (Å²) >= 11 is 1.85. The molecule has 0 aromatic carbocycles. The maximum Gasteiger partial charge on any atom is 0.0325 e. The second-order valence-corrected chi connectivity index (χ2v) is 5.81. The molecule has 1 aliphatic rings. The summed E-state index contributed by atoms with van der Waals surface area (Å²) < 4.78 is 0. The third-order valence-corrected chi connectivity index (χ3v) is 3.98. The lowest BCUT2D eigenvalue weighted by Gasteiger charge is -2.22. The summed E-state index contributed by atoms with van der Waals surface area (Å²) in [6.45, 7) is 3.50. The average molecular weight is 224 g/mol. The van der Waals surface area contributed by atoms with Gasteiger partial charge >= 0.3 is 0 Å². The Kier molecular flexibility index (Phi) is 3.44. The van der Waals surface area contributed by atoms with Crippen LogP contribution >= 0.6 is 11.3 Å². The van der Waals surface area contributed by atoms with E-state index in [-0.39, 0.29) is 0 Å². The summed E-state index contributed by atoms with van der Waals surface area (Å²) in [5.41, 5.74) is 0.584. The first kappa shape index (κ1) is 11.1. The minimum Gasteiger partial charge on any atom is -0.319 e. The van der Waals surface area contributed by atoms with Crippen LogP contribution in [-0.4, -0.2) is 32.1 Å². The maximum absolute atomic E-state index is 3.31. The molecule has 0 spiro atoms. The first-order valence-electron chi connectivity index (χ1n) is 5.60. The first-order valence-corrected chi connectivity index (χ1v) is 6.48. The van der Waals surface area contributed by atoms with Gasteiger partial charge in [-0.3, -0.25) is 0 Å². The van der Waals surface area contributed by atoms with E-state index in [0.717, 1.165) is 6.54 Å². The molecule has 0 atom stereocenters. The molecule has 0 saturated heterocycles. The van der Waals surface area contributed by atoms with Gasteiger partial charge in [-0.15, -0.1) is 11.3 Å². The second-order valence-electron chi connectivity index (χ2n) is 4.78. The van der Waals surface area contributed by atoms with E-state index in [2.05, 4.69) is 41.8 Å². The molecule has 0 radical (unpaired) electrons. The predicted octanol–water partition coefficient (Wildman–Crippen LogP) is 2.18. The molecule has 15 heavy (non-hydrogen) atoms. The Hall–Kier alpha value is -0.380. The highest BCUT2D eigenvalue weighted by Crippen LogP contribution is 2.45. The lowest BCUT2D eigenvalue weighted by atomic mass is 10.1. The van der Waals surface area contributed by atoms with E-state index in [1.54, 1.807) is 0 Å². The molecule has 1 aliphatic carbocycles. The molecular formula is C12H20N2S. The monoisotopic (exact) mass is 224 g/mol. The Balaban J connectivity index is 1.80. The molecule has 2 nitrogen and oxygen atoms in total. The Morgan fingerprint density at radius 2 is 2.33 bits per heavy atom. The van der Waals surface area contributed by atoms with Gasteiger partial charge in [0, 0.05) is 24.5 Å². The third kappa shape index (κ3) is 3.03. The number of hydrogen-bond donors (Lipinski definition) is 1. The standard InChI is InChI=1S/C12H20N2S/c1-13-9-12(5-6-12)10-14(2)8-11-4-3-7-15-11/h3-4,7,13H,5-6,8-10H2,1-2H3. The van der Waals surface area contributed by atoms with Gasteiger partial charge in [-0.25, -0.2) is 0 Å². The molecule has 1 N–H and O–H groups in total. The van der Waals surface area contributed by atoms with E-state index in [9.17, 15) is 0 Å². The predicted molar refractivity (Wildman–Crippen MR) is 66.2 cm³/mol. The topological polar surface area (TPSA) is 15.3 Å². The van der Waals surface area contributed by atoms with Crippen LogP contribution in [0.5, 0.6) is 0 Å². The van der Waals surface area contributed by atoms with Crippen molar-refractivity contribution >= 4 is 11.3 Å². The Labute approximate surface area is 96.3 Å². The maximum atomic E-state index is 3.31. The van der Waals surface area contributed by atoms with Crippen molar-refractivity contribution in [3.8, 4) is 0 Å². The summed E-state index contributed by atoms with van der Waals surface area (Å²) in [5, 5.41) is 5.47. The largest absolute Gasteiger partial charge is 0.319 e. The van der Waals surface area contributed by atoms with Crippen molar-refractivity contribution in [3.63, 3.8) is 0 Å². The van der Waals surface area contributed by atoms with Crippen molar-refractivity contribution in [1.82, 2.24) is 10.2 Å². The fourth-order valence-corrected chi connectivity index (χ4v) is 3.02. The summed E-state index contributed by atoms with van der Waals surface area (Å²) in [5.74, 6) is 0. The lowest BCUT2D eigenvalue weighted by molar-refractivity contribution is 0.254. The number of nitrogens with one attached hydrogen (secondary N) is 1. The normalized spacial score (nSPS) is 18.3. The molecule has 0 unspecified atom stereocenters. The highest BCUT2D eigenvalue weighted by atomic mass is 32.1. The van der Waals surface area contributed by atoms with Gasteiger partial charge in [-0.1, -0.05) is 6.07 Å². The van der Waals surface area contributed by atoms with Gasteiger partial charge in [0.1, 0.15) is 0 Å². The highest BCUT2D eigenvalue weighted by Gasteiger charge is 2.42. The average Bonchev–Trinajstić information content (AvgIpc) is 2.75. The van der Waals surface area contributed by atoms with Crippen LogP contribution in [0.15, 0.2) is 17.5 Å². The van der Waals surface area contributed by atoms with Crippen molar-refractivity contribution in [3.05, 3.63) is 22.4 Å². The Bertz CT molecular complexity index is 291. The minimum atomic E-state index is 0.584. The summed E-state index contributed by atoms with van der Waals surface area (Å²) in [6.07, 6.45) is 2.78. The van der Waals surface area contributed by atoms with Crippen LogP contribution in [0.3, 0.4) is 0 Å². The van der Waals surface area contributed by atoms with E-state index < -0.39 is 0 Å². The van der Waals surface area contributed by atoms with Crippen molar-refractivity contribution in [2.24, 2.45) is 5.41 Å². The van der Waals surface area contributed by atoms with Gasteiger partial charge in [0.25, 0.3) is 0 Å². The summed E-state index contributed by atoms with van der Waals surface area (Å²) in [6, 6.07) is 4.35. The molecule has 0 aliphatic heterocycles. The zero-order valence-electron chi connectivity index (χ0n) is 9.62. The molecule has 2 rings (SSSR count). The van der Waals surface area contributed by atoms with E-state index in [1.807, 2.05) is 11.3 Å². The highest BCUT2D eigenvalue weighted by molar-refractivity contribution is 7.09. The van der Waals surface area contributed by atoms with E-state index >= 15 is 0 Å². The molecular weight excluding hydrogens is 204 g/mol. The van der Waals surface area contributed by atoms with Gasteiger partial charge in [-0.2, -0.15) is 0 Å². The fourth-order valence-electron chi connectivity index (χ4n) is 2.24.